The van der Waals surface area contributed by atoms with Crippen molar-refractivity contribution in [2.24, 2.45) is 0 Å². The molecular weight excluding hydrogens is 464 g/mol. The standard InChI is InChI=1S/C27H29FN3O3P/c1-16-3-5-19(30-26(33)18-7-8-29-25(12-18)27(2,28)35)13-22(16)17-4-6-21-23(11-17)31-9-10-34-15-20(31)14-24(21)32/h3-8,11-13,20,24,32H,9-10,14-15,35H2,1-2H3,(H,30,33). The molecule has 1 amide bonds. The van der Waals surface area contributed by atoms with Crippen molar-refractivity contribution in [1.29, 1.82) is 0 Å². The predicted molar refractivity (Wildman–Crippen MR) is 139 cm³/mol. The van der Waals surface area contributed by atoms with E-state index in [2.05, 4.69) is 30.5 Å². The Balaban J connectivity index is 1.44. The number of anilines is 2. The molecule has 1 fully saturated rings. The van der Waals surface area contributed by atoms with Crippen molar-refractivity contribution < 1.29 is 19.0 Å². The summed E-state index contributed by atoms with van der Waals surface area (Å²) in [5, 5.41) is 11.9. The summed E-state index contributed by atoms with van der Waals surface area (Å²) >= 11 is 0. The molecule has 4 unspecified atom stereocenters. The molecule has 182 valence electrons. The van der Waals surface area contributed by atoms with Crippen molar-refractivity contribution in [3.63, 3.8) is 0 Å². The van der Waals surface area contributed by atoms with Crippen molar-refractivity contribution >= 4 is 26.5 Å². The third-order valence-electron chi connectivity index (χ3n) is 6.75. The van der Waals surface area contributed by atoms with E-state index in [1.54, 1.807) is 6.07 Å². The summed E-state index contributed by atoms with van der Waals surface area (Å²) in [5.41, 5.74) is 6.22. The van der Waals surface area contributed by atoms with Crippen LogP contribution in [0, 0.1) is 6.92 Å². The molecule has 0 aliphatic carbocycles. The minimum absolute atomic E-state index is 0.172. The Kier molecular flexibility index (Phi) is 6.34. The normalized spacial score (nSPS) is 21.0. The number of carbonyl (C=O) groups is 1. The van der Waals surface area contributed by atoms with Gasteiger partial charge in [0.05, 0.1) is 31.1 Å². The van der Waals surface area contributed by atoms with Crippen LogP contribution in [0.3, 0.4) is 0 Å². The van der Waals surface area contributed by atoms with Gasteiger partial charge in [0, 0.05) is 41.7 Å². The summed E-state index contributed by atoms with van der Waals surface area (Å²) in [6.07, 6.45) is 1.60. The zero-order chi connectivity index (χ0) is 24.7. The van der Waals surface area contributed by atoms with E-state index in [9.17, 15) is 14.3 Å². The third kappa shape index (κ3) is 4.81. The lowest BCUT2D eigenvalue weighted by Crippen LogP contribution is -2.49. The van der Waals surface area contributed by atoms with Gasteiger partial charge in [-0.25, -0.2) is 4.39 Å². The number of carbonyl (C=O) groups excluding carboxylic acids is 1. The number of amides is 1. The van der Waals surface area contributed by atoms with Crippen LogP contribution < -0.4 is 10.2 Å². The minimum atomic E-state index is -1.72. The Morgan fingerprint density at radius 2 is 2.09 bits per heavy atom. The number of morpholine rings is 1. The smallest absolute Gasteiger partial charge is 0.255 e. The fourth-order valence-corrected chi connectivity index (χ4v) is 5.00. The zero-order valence-electron chi connectivity index (χ0n) is 19.8. The van der Waals surface area contributed by atoms with Gasteiger partial charge in [-0.05, 0) is 60.9 Å². The van der Waals surface area contributed by atoms with Crippen LogP contribution in [0.25, 0.3) is 11.1 Å². The van der Waals surface area contributed by atoms with E-state index >= 15 is 0 Å². The van der Waals surface area contributed by atoms with E-state index in [0.29, 0.717) is 30.9 Å². The molecule has 0 saturated carbocycles. The van der Waals surface area contributed by atoms with E-state index in [4.69, 9.17) is 4.74 Å². The van der Waals surface area contributed by atoms with Gasteiger partial charge in [0.1, 0.15) is 0 Å². The molecule has 0 bridgehead atoms. The Labute approximate surface area is 206 Å². The summed E-state index contributed by atoms with van der Waals surface area (Å²) < 4.78 is 19.9. The van der Waals surface area contributed by atoms with Gasteiger partial charge < -0.3 is 20.1 Å². The predicted octanol–water partition coefficient (Wildman–Crippen LogP) is 4.97. The third-order valence-corrected chi connectivity index (χ3v) is 7.05. The Hall–Kier alpha value is -2.86. The highest BCUT2D eigenvalue weighted by molar-refractivity contribution is 7.18. The number of rotatable bonds is 4. The SMILES string of the molecule is Cc1ccc(NC(=O)c2ccnc(C(C)(F)P)c2)cc1-c1ccc2c(c1)N1CCOCC1CC2O. The maximum Gasteiger partial charge on any atom is 0.255 e. The number of fused-ring (bicyclic) bond motifs is 3. The number of nitrogens with one attached hydrogen (secondary N) is 1. The Morgan fingerprint density at radius 1 is 1.26 bits per heavy atom. The number of aromatic nitrogens is 1. The van der Waals surface area contributed by atoms with Gasteiger partial charge in [0.15, 0.2) is 5.41 Å². The second-order valence-corrected chi connectivity index (χ2v) is 10.5. The van der Waals surface area contributed by atoms with Gasteiger partial charge in [-0.3, -0.25) is 9.78 Å². The second kappa shape index (κ2) is 9.30. The second-order valence-electron chi connectivity index (χ2n) is 9.44. The Bertz CT molecular complexity index is 1280. The fraction of sp³-hybridized carbons (Fsp3) is 0.333. The van der Waals surface area contributed by atoms with Gasteiger partial charge >= 0.3 is 0 Å². The van der Waals surface area contributed by atoms with Crippen LogP contribution in [-0.4, -0.2) is 41.8 Å². The molecule has 1 aromatic heterocycles. The number of hydrogen-bond acceptors (Lipinski definition) is 5. The summed E-state index contributed by atoms with van der Waals surface area (Å²) in [6, 6.07) is 15.1. The molecule has 2 aliphatic heterocycles. The van der Waals surface area contributed by atoms with Crippen LogP contribution in [0.5, 0.6) is 0 Å². The molecule has 8 heteroatoms. The van der Waals surface area contributed by atoms with Gasteiger partial charge in [-0.2, -0.15) is 0 Å². The van der Waals surface area contributed by atoms with Gasteiger partial charge in [0.2, 0.25) is 0 Å². The molecular formula is C27H29FN3O3P. The van der Waals surface area contributed by atoms with Crippen molar-refractivity contribution in [3.05, 3.63) is 77.1 Å². The van der Waals surface area contributed by atoms with Crippen LogP contribution in [0.1, 0.15) is 46.6 Å². The first-order valence-corrected chi connectivity index (χ1v) is 12.3. The highest BCUT2D eigenvalue weighted by atomic mass is 31.0. The largest absolute Gasteiger partial charge is 0.388 e. The molecule has 2 aliphatic rings. The molecule has 5 rings (SSSR count). The van der Waals surface area contributed by atoms with E-state index in [1.165, 1.54) is 19.2 Å². The van der Waals surface area contributed by atoms with Crippen LogP contribution >= 0.6 is 9.24 Å². The average Bonchev–Trinajstić information content (AvgIpc) is 2.84. The number of pyridine rings is 1. The van der Waals surface area contributed by atoms with Crippen LogP contribution in [-0.2, 0) is 10.1 Å². The molecule has 3 heterocycles. The first-order valence-electron chi connectivity index (χ1n) is 11.7. The molecule has 6 nitrogen and oxygen atoms in total. The number of benzene rings is 2. The minimum Gasteiger partial charge on any atom is -0.388 e. The maximum absolute atomic E-state index is 14.3. The fourth-order valence-electron chi connectivity index (χ4n) is 4.85. The van der Waals surface area contributed by atoms with Crippen LogP contribution in [0.15, 0.2) is 54.7 Å². The van der Waals surface area contributed by atoms with E-state index in [0.717, 1.165) is 34.5 Å². The lowest BCUT2D eigenvalue weighted by molar-refractivity contribution is 0.0612. The van der Waals surface area contributed by atoms with Crippen molar-refractivity contribution in [2.45, 2.75) is 37.8 Å². The lowest BCUT2D eigenvalue weighted by atomic mass is 9.89. The first-order chi connectivity index (χ1) is 16.7. The van der Waals surface area contributed by atoms with Crippen molar-refractivity contribution in [3.8, 4) is 11.1 Å². The first kappa shape index (κ1) is 23.9. The van der Waals surface area contributed by atoms with Crippen molar-refractivity contribution in [2.75, 3.05) is 30.0 Å². The molecule has 2 aromatic carbocycles. The number of alkyl halides is 1. The number of hydrogen-bond donors (Lipinski definition) is 2. The highest BCUT2D eigenvalue weighted by Crippen LogP contribution is 2.41. The van der Waals surface area contributed by atoms with E-state index in [1.807, 2.05) is 37.3 Å². The van der Waals surface area contributed by atoms with Gasteiger partial charge in [-0.1, -0.05) is 27.4 Å². The quantitative estimate of drug-likeness (QED) is 0.502. The number of aryl methyl sites for hydroxylation is 1. The van der Waals surface area contributed by atoms with E-state index in [-0.39, 0.29) is 17.6 Å². The molecule has 4 atom stereocenters. The van der Waals surface area contributed by atoms with Crippen LogP contribution in [0.2, 0.25) is 0 Å². The Morgan fingerprint density at radius 3 is 2.89 bits per heavy atom. The van der Waals surface area contributed by atoms with Crippen LogP contribution in [0.4, 0.5) is 15.8 Å². The number of nitrogens with zero attached hydrogens (tertiary/aromatic N) is 2. The zero-order valence-corrected chi connectivity index (χ0v) is 20.9. The molecule has 1 saturated heterocycles. The average molecular weight is 494 g/mol. The highest BCUT2D eigenvalue weighted by Gasteiger charge is 2.34. The number of halogens is 1. The summed E-state index contributed by atoms with van der Waals surface area (Å²) in [4.78, 5) is 19.3. The summed E-state index contributed by atoms with van der Waals surface area (Å²) in [5.74, 6) is -0.331. The van der Waals surface area contributed by atoms with Gasteiger partial charge in [0.25, 0.3) is 5.91 Å². The maximum atomic E-state index is 14.3. The molecule has 0 radical (unpaired) electrons. The number of aliphatic hydroxyl groups is 1. The topological polar surface area (TPSA) is 74.7 Å². The number of ether oxygens (including phenoxy) is 1. The molecule has 35 heavy (non-hydrogen) atoms. The molecule has 0 spiro atoms. The molecule has 3 aromatic rings. The van der Waals surface area contributed by atoms with Crippen molar-refractivity contribution in [1.82, 2.24) is 4.98 Å². The molecule has 2 N–H and O–H groups in total. The monoisotopic (exact) mass is 493 g/mol. The summed E-state index contributed by atoms with van der Waals surface area (Å²) in [7, 11) is 2.10. The van der Waals surface area contributed by atoms with E-state index < -0.39 is 11.5 Å². The number of aliphatic hydroxyl groups excluding tert-OH is 1. The van der Waals surface area contributed by atoms with Gasteiger partial charge in [-0.15, -0.1) is 0 Å². The summed E-state index contributed by atoms with van der Waals surface area (Å²) in [6.45, 7) is 5.50. The lowest BCUT2D eigenvalue weighted by Gasteiger charge is -2.43.